The van der Waals surface area contributed by atoms with Crippen LogP contribution in [0.3, 0.4) is 0 Å². The summed E-state index contributed by atoms with van der Waals surface area (Å²) in [6, 6.07) is 0. The zero-order chi connectivity index (χ0) is 6.85. The van der Waals surface area contributed by atoms with Crippen LogP contribution in [0.1, 0.15) is 5.69 Å². The Morgan fingerprint density at radius 3 is 2.67 bits per heavy atom. The molecule has 3 nitrogen and oxygen atoms in total. The van der Waals surface area contributed by atoms with Gasteiger partial charge in [-0.1, -0.05) is 0 Å². The molecule has 0 atom stereocenters. The lowest BCUT2D eigenvalue weighted by molar-refractivity contribution is 1.31. The fraction of sp³-hybridized carbons (Fsp3) is 0.250. The predicted octanol–water partition coefficient (Wildman–Crippen LogP) is 2.61. The van der Waals surface area contributed by atoms with Gasteiger partial charge in [0, 0.05) is 0 Å². The van der Waals surface area contributed by atoms with Gasteiger partial charge in [-0.15, -0.1) is 4.91 Å². The van der Waals surface area contributed by atoms with E-state index in [1.807, 2.05) is 0 Å². The van der Waals surface area contributed by atoms with Gasteiger partial charge in [-0.25, -0.2) is 0 Å². The number of nitrogens with zero attached hydrogens (tertiary/aromatic N) is 2. The van der Waals surface area contributed by atoms with Crippen LogP contribution in [0.4, 0.5) is 5.69 Å². The first-order valence-corrected chi connectivity index (χ1v) is 3.77. The van der Waals surface area contributed by atoms with Gasteiger partial charge >= 0.3 is 0 Å². The molecular weight excluding hydrogens is 204 g/mol. The average Bonchev–Trinajstić information content (AvgIpc) is 2.12. The smallest absolute Gasteiger partial charge is 0.155 e. The molecule has 1 aromatic heterocycles. The van der Waals surface area contributed by atoms with Crippen LogP contribution < -0.4 is 0 Å². The van der Waals surface area contributed by atoms with Gasteiger partial charge in [-0.05, 0) is 39.6 Å². The Kier molecular flexibility index (Phi) is 1.92. The molecule has 0 fully saturated rings. The molecule has 0 aliphatic rings. The molecule has 0 spiro atoms. The van der Waals surface area contributed by atoms with Crippen molar-refractivity contribution in [1.82, 2.24) is 4.37 Å². The molecular formula is C4H3BrN2OS. The van der Waals surface area contributed by atoms with E-state index in [2.05, 4.69) is 25.5 Å². The minimum absolute atomic E-state index is 0.417. The number of nitroso groups, excluding NO2 is 1. The highest BCUT2D eigenvalue weighted by atomic mass is 79.9. The predicted molar refractivity (Wildman–Crippen MR) is 40.0 cm³/mol. The number of rotatable bonds is 1. The Hall–Kier alpha value is -0.290. The number of hydrogen-bond acceptors (Lipinski definition) is 4. The number of hydrogen-bond donors (Lipinski definition) is 0. The van der Waals surface area contributed by atoms with Crippen LogP contribution >= 0.6 is 27.5 Å². The summed E-state index contributed by atoms with van der Waals surface area (Å²) in [4.78, 5) is 10.00. The van der Waals surface area contributed by atoms with Gasteiger partial charge in [-0.3, -0.25) is 0 Å². The molecule has 0 amide bonds. The first kappa shape index (κ1) is 6.82. The van der Waals surface area contributed by atoms with Crippen LogP contribution in [-0.2, 0) is 0 Å². The molecule has 5 heteroatoms. The van der Waals surface area contributed by atoms with E-state index >= 15 is 0 Å². The van der Waals surface area contributed by atoms with E-state index in [0.29, 0.717) is 15.2 Å². The van der Waals surface area contributed by atoms with Crippen LogP contribution in [0.25, 0.3) is 0 Å². The lowest BCUT2D eigenvalue weighted by Crippen LogP contribution is -1.64. The summed E-state index contributed by atoms with van der Waals surface area (Å²) >= 11 is 4.37. The van der Waals surface area contributed by atoms with Crippen molar-refractivity contribution in [3.8, 4) is 0 Å². The summed E-state index contributed by atoms with van der Waals surface area (Å²) in [6.07, 6.45) is 0. The van der Waals surface area contributed by atoms with Crippen molar-refractivity contribution in [2.75, 3.05) is 0 Å². The Morgan fingerprint density at radius 2 is 2.44 bits per heavy atom. The van der Waals surface area contributed by atoms with E-state index in [1.54, 1.807) is 6.92 Å². The maximum absolute atomic E-state index is 10.00. The van der Waals surface area contributed by atoms with Crippen LogP contribution in [0, 0.1) is 11.8 Å². The molecule has 0 aliphatic heterocycles. The summed E-state index contributed by atoms with van der Waals surface area (Å²) in [7, 11) is 0. The van der Waals surface area contributed by atoms with Gasteiger partial charge in [0.1, 0.15) is 3.79 Å². The zero-order valence-corrected chi connectivity index (χ0v) is 6.99. The fourth-order valence-corrected chi connectivity index (χ4v) is 1.59. The molecule has 0 saturated carbocycles. The van der Waals surface area contributed by atoms with E-state index in [1.165, 1.54) is 11.5 Å². The summed E-state index contributed by atoms with van der Waals surface area (Å²) in [5.41, 5.74) is 1.10. The summed E-state index contributed by atoms with van der Waals surface area (Å²) < 4.78 is 4.59. The van der Waals surface area contributed by atoms with E-state index in [-0.39, 0.29) is 0 Å². The van der Waals surface area contributed by atoms with Crippen LogP contribution in [-0.4, -0.2) is 4.37 Å². The van der Waals surface area contributed by atoms with Crippen molar-refractivity contribution >= 4 is 33.1 Å². The van der Waals surface area contributed by atoms with Gasteiger partial charge in [0.2, 0.25) is 0 Å². The number of aromatic nitrogens is 1. The Balaban J connectivity index is 3.22. The second-order valence-electron chi connectivity index (χ2n) is 1.48. The van der Waals surface area contributed by atoms with Gasteiger partial charge in [-0.2, -0.15) is 4.37 Å². The van der Waals surface area contributed by atoms with Crippen molar-refractivity contribution in [3.63, 3.8) is 0 Å². The number of aryl methyl sites for hydroxylation is 1. The Bertz CT molecular complexity index is 215. The third kappa shape index (κ3) is 1.16. The fourth-order valence-electron chi connectivity index (χ4n) is 0.439. The van der Waals surface area contributed by atoms with Gasteiger partial charge in [0.05, 0.1) is 5.69 Å². The second-order valence-corrected chi connectivity index (χ2v) is 3.57. The highest BCUT2D eigenvalue weighted by Gasteiger charge is 2.06. The molecule has 0 radical (unpaired) electrons. The molecule has 1 rings (SSSR count). The minimum atomic E-state index is 0.417. The van der Waals surface area contributed by atoms with Gasteiger partial charge < -0.3 is 0 Å². The lowest BCUT2D eigenvalue weighted by atomic mass is 10.4. The SMILES string of the molecule is Cc1nsc(Br)c1N=O. The Morgan fingerprint density at radius 1 is 1.78 bits per heavy atom. The average molecular weight is 207 g/mol. The molecule has 0 aliphatic carbocycles. The van der Waals surface area contributed by atoms with E-state index in [0.717, 1.165) is 0 Å². The summed E-state index contributed by atoms with van der Waals surface area (Å²) in [6.45, 7) is 1.75. The number of halogens is 1. The van der Waals surface area contributed by atoms with Crippen molar-refractivity contribution < 1.29 is 0 Å². The van der Waals surface area contributed by atoms with Crippen molar-refractivity contribution in [1.29, 1.82) is 0 Å². The lowest BCUT2D eigenvalue weighted by Gasteiger charge is -1.79. The van der Waals surface area contributed by atoms with Crippen LogP contribution in [0.15, 0.2) is 8.96 Å². The van der Waals surface area contributed by atoms with Gasteiger partial charge in [0.25, 0.3) is 0 Å². The Labute approximate surface area is 64.4 Å². The van der Waals surface area contributed by atoms with E-state index < -0.39 is 0 Å². The second kappa shape index (κ2) is 2.53. The topological polar surface area (TPSA) is 42.3 Å². The van der Waals surface area contributed by atoms with E-state index in [4.69, 9.17) is 0 Å². The van der Waals surface area contributed by atoms with Gasteiger partial charge in [0.15, 0.2) is 5.69 Å². The highest BCUT2D eigenvalue weighted by Crippen LogP contribution is 2.31. The van der Waals surface area contributed by atoms with Crippen molar-refractivity contribution in [3.05, 3.63) is 14.4 Å². The van der Waals surface area contributed by atoms with Crippen LogP contribution in [0.2, 0.25) is 0 Å². The molecule has 1 heterocycles. The third-order valence-electron chi connectivity index (χ3n) is 0.883. The van der Waals surface area contributed by atoms with E-state index in [9.17, 15) is 4.91 Å². The maximum atomic E-state index is 10.00. The molecule has 48 valence electrons. The van der Waals surface area contributed by atoms with Crippen molar-refractivity contribution in [2.45, 2.75) is 6.92 Å². The summed E-state index contributed by atoms with van der Waals surface area (Å²) in [5, 5.41) is 2.78. The molecule has 1 aromatic rings. The van der Waals surface area contributed by atoms with Crippen molar-refractivity contribution in [2.24, 2.45) is 5.18 Å². The first-order chi connectivity index (χ1) is 4.25. The molecule has 0 N–H and O–H groups in total. The standard InChI is InChI=1S/C4H3BrN2OS/c1-2-3(6-8)4(5)9-7-2/h1H3. The highest BCUT2D eigenvalue weighted by molar-refractivity contribution is 9.11. The molecule has 9 heavy (non-hydrogen) atoms. The molecule has 0 unspecified atom stereocenters. The molecule has 0 bridgehead atoms. The zero-order valence-electron chi connectivity index (χ0n) is 4.59. The van der Waals surface area contributed by atoms with Crippen LogP contribution in [0.5, 0.6) is 0 Å². The first-order valence-electron chi connectivity index (χ1n) is 2.21. The molecule has 0 saturated heterocycles. The normalized spacial score (nSPS) is 9.56. The summed E-state index contributed by atoms with van der Waals surface area (Å²) in [5.74, 6) is 0. The largest absolute Gasteiger partial charge is 0.194 e. The third-order valence-corrected chi connectivity index (χ3v) is 2.41. The quantitative estimate of drug-likeness (QED) is 0.664. The minimum Gasteiger partial charge on any atom is -0.194 e. The molecule has 0 aromatic carbocycles. The maximum Gasteiger partial charge on any atom is 0.155 e. The monoisotopic (exact) mass is 206 g/mol.